The average molecular weight is 551 g/mol. The Morgan fingerprint density at radius 1 is 0.974 bits per heavy atom. The van der Waals surface area contributed by atoms with E-state index in [2.05, 4.69) is 20.5 Å². The number of aromatic nitrogens is 1. The lowest BCUT2D eigenvalue weighted by atomic mass is 9.97. The van der Waals surface area contributed by atoms with Crippen molar-refractivity contribution in [2.24, 2.45) is 10.2 Å². The van der Waals surface area contributed by atoms with Gasteiger partial charge in [-0.3, -0.25) is 19.2 Å². The van der Waals surface area contributed by atoms with Gasteiger partial charge >= 0.3 is 23.9 Å². The molecule has 5 atom stereocenters. The molecule has 1 aliphatic rings. The van der Waals surface area contributed by atoms with Gasteiger partial charge in [0.15, 0.2) is 30.2 Å². The lowest BCUT2D eigenvalue weighted by Gasteiger charge is -2.44. The number of rotatable bonds is 7. The molecule has 1 aliphatic heterocycles. The zero-order valence-electron chi connectivity index (χ0n) is 20.8. The second kappa shape index (κ2) is 12.4. The second-order valence-corrected chi connectivity index (χ2v) is 8.52. The number of benzene rings is 1. The van der Waals surface area contributed by atoms with E-state index in [4.69, 9.17) is 35.9 Å². The van der Waals surface area contributed by atoms with Crippen LogP contribution in [0.4, 0.5) is 5.69 Å². The van der Waals surface area contributed by atoms with Crippen molar-refractivity contribution in [2.45, 2.75) is 58.3 Å². The first-order valence-corrected chi connectivity index (χ1v) is 11.7. The van der Waals surface area contributed by atoms with Crippen LogP contribution in [0.1, 0.15) is 27.7 Å². The summed E-state index contributed by atoms with van der Waals surface area (Å²) in [5.74, 6) is -3.16. The largest absolute Gasteiger partial charge is 0.493 e. The van der Waals surface area contributed by atoms with E-state index in [1.54, 1.807) is 24.3 Å². The van der Waals surface area contributed by atoms with E-state index < -0.39 is 61.1 Å². The van der Waals surface area contributed by atoms with Crippen LogP contribution in [0.15, 0.2) is 34.5 Å². The van der Waals surface area contributed by atoms with Gasteiger partial charge in [0.05, 0.1) is 5.52 Å². The Morgan fingerprint density at radius 2 is 1.58 bits per heavy atom. The van der Waals surface area contributed by atoms with Gasteiger partial charge in [0.2, 0.25) is 11.0 Å². The number of hydrogen-bond donors (Lipinski definition) is 3. The Morgan fingerprint density at radius 3 is 2.21 bits per heavy atom. The molecule has 1 saturated heterocycles. The molecule has 0 radical (unpaired) electrons. The number of azo groups is 1. The normalized spacial score (nSPS) is 23.0. The van der Waals surface area contributed by atoms with Crippen molar-refractivity contribution in [3.63, 3.8) is 0 Å². The van der Waals surface area contributed by atoms with E-state index in [1.165, 1.54) is 6.92 Å². The topological polar surface area (TPSA) is 187 Å². The number of hydrogen-bond acceptors (Lipinski definition) is 12. The molecule has 204 valence electrons. The van der Waals surface area contributed by atoms with E-state index in [-0.39, 0.29) is 16.7 Å². The number of ether oxygens (including phenoxy) is 5. The number of aromatic amines is 1. The van der Waals surface area contributed by atoms with E-state index in [0.717, 1.165) is 20.8 Å². The maximum atomic E-state index is 11.9. The fourth-order valence-electron chi connectivity index (χ4n) is 3.80. The Bertz CT molecular complexity index is 1260. The number of carbonyl (C=O) groups excluding carboxylic acids is 4. The monoisotopic (exact) mass is 550 g/mol. The third-order valence-corrected chi connectivity index (χ3v) is 5.36. The van der Waals surface area contributed by atoms with Crippen molar-refractivity contribution in [2.75, 3.05) is 6.61 Å². The maximum Gasteiger partial charge on any atom is 0.303 e. The van der Waals surface area contributed by atoms with Gasteiger partial charge in [0, 0.05) is 33.1 Å². The number of esters is 4. The van der Waals surface area contributed by atoms with E-state index in [1.807, 2.05) is 0 Å². The predicted octanol–water partition coefficient (Wildman–Crippen LogP) is 1.91. The van der Waals surface area contributed by atoms with Gasteiger partial charge < -0.3 is 39.1 Å². The van der Waals surface area contributed by atoms with Gasteiger partial charge in [0.1, 0.15) is 12.7 Å². The van der Waals surface area contributed by atoms with Crippen molar-refractivity contribution >= 4 is 57.8 Å². The fraction of sp³-hybridized carbons (Fsp3) is 0.435. The minimum absolute atomic E-state index is 0.131. The molecular formula is C23H26N4O10S. The van der Waals surface area contributed by atoms with Crippen LogP contribution in [0.2, 0.25) is 0 Å². The fourth-order valence-corrected chi connectivity index (χ4v) is 3.96. The average Bonchev–Trinajstić information content (AvgIpc) is 3.14. The van der Waals surface area contributed by atoms with Gasteiger partial charge in [-0.25, -0.2) is 0 Å². The number of nitrogens with one attached hydrogen (secondary N) is 2. The number of fused-ring (bicyclic) bond motifs is 1. The third-order valence-electron chi connectivity index (χ3n) is 5.16. The van der Waals surface area contributed by atoms with Gasteiger partial charge in [-0.05, 0) is 18.3 Å². The van der Waals surface area contributed by atoms with E-state index in [9.17, 15) is 24.3 Å². The molecule has 0 spiro atoms. The minimum Gasteiger partial charge on any atom is -0.493 e. The van der Waals surface area contributed by atoms with Crippen molar-refractivity contribution in [1.29, 1.82) is 0 Å². The molecule has 14 nitrogen and oxygen atoms in total. The van der Waals surface area contributed by atoms with Gasteiger partial charge in [-0.2, -0.15) is 0 Å². The summed E-state index contributed by atoms with van der Waals surface area (Å²) >= 11 is 5.25. The van der Waals surface area contributed by atoms with Gasteiger partial charge in [-0.15, -0.1) is 10.2 Å². The van der Waals surface area contributed by atoms with Gasteiger partial charge in [0.25, 0.3) is 0 Å². The molecule has 1 aromatic heterocycles. The summed E-state index contributed by atoms with van der Waals surface area (Å²) in [5.41, 5.74) is 0.753. The molecule has 1 aromatic carbocycles. The van der Waals surface area contributed by atoms with Crippen LogP contribution in [0.5, 0.6) is 5.88 Å². The number of H-pyrrole nitrogens is 1. The lowest BCUT2D eigenvalue weighted by molar-refractivity contribution is -0.254. The number of para-hydroxylation sites is 1. The molecule has 1 fully saturated rings. The Kier molecular flexibility index (Phi) is 9.30. The quantitative estimate of drug-likeness (QED) is 0.197. The molecule has 3 N–H and O–H groups in total. The zero-order chi connectivity index (χ0) is 28.0. The van der Waals surface area contributed by atoms with E-state index >= 15 is 0 Å². The summed E-state index contributed by atoms with van der Waals surface area (Å²) in [7, 11) is 0. The molecule has 0 saturated carbocycles. The first kappa shape index (κ1) is 28.5. The highest BCUT2D eigenvalue weighted by Crippen LogP contribution is 2.35. The maximum absolute atomic E-state index is 11.9. The summed E-state index contributed by atoms with van der Waals surface area (Å²) in [4.78, 5) is 49.8. The molecule has 0 unspecified atom stereocenters. The number of aromatic hydroxyl groups is 1. The zero-order valence-corrected chi connectivity index (χ0v) is 21.6. The van der Waals surface area contributed by atoms with Crippen LogP contribution in [0.3, 0.4) is 0 Å². The summed E-state index contributed by atoms with van der Waals surface area (Å²) in [6, 6.07) is 6.98. The first-order chi connectivity index (χ1) is 18.0. The summed E-state index contributed by atoms with van der Waals surface area (Å²) in [5, 5.41) is 21.1. The molecular weight excluding hydrogens is 524 g/mol. The van der Waals surface area contributed by atoms with Crippen LogP contribution in [-0.4, -0.2) is 76.3 Å². The highest BCUT2D eigenvalue weighted by atomic mass is 32.1. The van der Waals surface area contributed by atoms with Crippen LogP contribution in [0, 0.1) is 0 Å². The molecule has 2 aromatic rings. The lowest BCUT2D eigenvalue weighted by Crippen LogP contribution is -2.66. The van der Waals surface area contributed by atoms with Crippen LogP contribution in [0.25, 0.3) is 10.9 Å². The SMILES string of the molecule is CC(=O)OC[C@H]1O[C@@H](NC(=S)N=Nc2c(O)[nH]c3ccccc23)[C@H](OC(C)=O)[C@@H](OC(C)=O)[C@@H]1OC(C)=O. The van der Waals surface area contributed by atoms with E-state index in [0.29, 0.717) is 10.9 Å². The highest BCUT2D eigenvalue weighted by molar-refractivity contribution is 7.80. The second-order valence-electron chi connectivity index (χ2n) is 8.14. The Hall–Kier alpha value is -4.11. The summed E-state index contributed by atoms with van der Waals surface area (Å²) in [6.45, 7) is 4.12. The van der Waals surface area contributed by atoms with Crippen molar-refractivity contribution in [3.8, 4) is 5.88 Å². The standard InChI is InChI=1S/C23H26N4O10S/c1-10(28)33-9-16-18(34-11(2)29)19(35-12(3)30)20(36-13(4)31)22(37-16)25-23(38)27-26-17-14-7-5-6-8-15(14)24-21(17)32/h5-8,16,18-20,22,24,32H,9H2,1-4H3,(H,25,38)/t16-,18-,19+,20-,22-/m1/s1. The summed E-state index contributed by atoms with van der Waals surface area (Å²) < 4.78 is 26.9. The highest BCUT2D eigenvalue weighted by Gasteiger charge is 2.52. The molecule has 2 heterocycles. The molecule has 0 amide bonds. The van der Waals surface area contributed by atoms with Crippen molar-refractivity contribution < 1.29 is 48.0 Å². The molecule has 0 aliphatic carbocycles. The van der Waals surface area contributed by atoms with Crippen molar-refractivity contribution in [1.82, 2.24) is 10.3 Å². The van der Waals surface area contributed by atoms with Crippen LogP contribution < -0.4 is 5.32 Å². The summed E-state index contributed by atoms with van der Waals surface area (Å²) in [6.07, 6.45) is -6.52. The number of thiocarbonyl (C=S) groups is 1. The first-order valence-electron chi connectivity index (χ1n) is 11.3. The van der Waals surface area contributed by atoms with Crippen LogP contribution in [-0.2, 0) is 42.9 Å². The molecule has 15 heteroatoms. The molecule has 38 heavy (non-hydrogen) atoms. The third kappa shape index (κ3) is 7.23. The Labute approximate surface area is 221 Å². The van der Waals surface area contributed by atoms with Crippen LogP contribution >= 0.6 is 12.2 Å². The molecule has 3 rings (SSSR count). The Balaban J connectivity index is 1.91. The minimum atomic E-state index is -1.37. The smallest absolute Gasteiger partial charge is 0.303 e. The van der Waals surface area contributed by atoms with Crippen molar-refractivity contribution in [3.05, 3.63) is 24.3 Å². The molecule has 0 bridgehead atoms. The number of carbonyl (C=O) groups is 4. The van der Waals surface area contributed by atoms with Gasteiger partial charge in [-0.1, -0.05) is 18.2 Å². The predicted molar refractivity (Wildman–Crippen MR) is 132 cm³/mol. The number of nitrogens with zero attached hydrogens (tertiary/aromatic N) is 2.